The highest BCUT2D eigenvalue weighted by Gasteiger charge is 2.21. The number of fused-ring (bicyclic) bond motifs is 1. The fourth-order valence-corrected chi connectivity index (χ4v) is 5.22. The molecule has 0 radical (unpaired) electrons. The Labute approximate surface area is 147 Å². The van der Waals surface area contributed by atoms with Crippen LogP contribution >= 0.6 is 43.2 Å². The normalized spacial score (nSPS) is 15.6. The SMILES string of the molecule is COc1cc(C)c(Br)cc1C(Br)c1cc2c(s1)CCCC2. The van der Waals surface area contributed by atoms with E-state index < -0.39 is 0 Å². The summed E-state index contributed by atoms with van der Waals surface area (Å²) in [5.41, 5.74) is 3.94. The molecule has 112 valence electrons. The Hall–Kier alpha value is -0.320. The maximum Gasteiger partial charge on any atom is 0.123 e. The van der Waals surface area contributed by atoms with Crippen molar-refractivity contribution in [2.24, 2.45) is 0 Å². The van der Waals surface area contributed by atoms with Crippen LogP contribution in [0.4, 0.5) is 0 Å². The van der Waals surface area contributed by atoms with Crippen LogP contribution in [0.5, 0.6) is 5.75 Å². The van der Waals surface area contributed by atoms with Crippen molar-refractivity contribution in [3.63, 3.8) is 0 Å². The van der Waals surface area contributed by atoms with Crippen molar-refractivity contribution in [3.05, 3.63) is 49.1 Å². The molecule has 4 heteroatoms. The molecule has 0 aliphatic heterocycles. The van der Waals surface area contributed by atoms with E-state index in [2.05, 4.69) is 57.0 Å². The Bertz CT molecular complexity index is 640. The van der Waals surface area contributed by atoms with Gasteiger partial charge >= 0.3 is 0 Å². The molecule has 1 heterocycles. The smallest absolute Gasteiger partial charge is 0.123 e. The Balaban J connectivity index is 1.99. The topological polar surface area (TPSA) is 9.23 Å². The van der Waals surface area contributed by atoms with E-state index in [1.54, 1.807) is 17.6 Å². The van der Waals surface area contributed by atoms with E-state index in [-0.39, 0.29) is 4.83 Å². The average molecular weight is 430 g/mol. The molecule has 2 aromatic rings. The van der Waals surface area contributed by atoms with Crippen LogP contribution in [0.3, 0.4) is 0 Å². The quantitative estimate of drug-likeness (QED) is 0.528. The fourth-order valence-electron chi connectivity index (χ4n) is 2.84. The van der Waals surface area contributed by atoms with Gasteiger partial charge in [0.1, 0.15) is 5.75 Å². The van der Waals surface area contributed by atoms with E-state index in [1.807, 2.05) is 11.3 Å². The van der Waals surface area contributed by atoms with Gasteiger partial charge in [0.2, 0.25) is 0 Å². The summed E-state index contributed by atoms with van der Waals surface area (Å²) in [4.78, 5) is 3.15. The van der Waals surface area contributed by atoms with Crippen LogP contribution in [0.25, 0.3) is 0 Å². The molecule has 0 saturated carbocycles. The lowest BCUT2D eigenvalue weighted by Gasteiger charge is -2.15. The number of alkyl halides is 1. The highest BCUT2D eigenvalue weighted by molar-refractivity contribution is 9.10. The van der Waals surface area contributed by atoms with Crippen molar-refractivity contribution in [1.82, 2.24) is 0 Å². The lowest BCUT2D eigenvalue weighted by Crippen LogP contribution is -1.97. The molecular formula is C17H18Br2OS. The fraction of sp³-hybridized carbons (Fsp3) is 0.412. The summed E-state index contributed by atoms with van der Waals surface area (Å²) in [6.45, 7) is 2.09. The van der Waals surface area contributed by atoms with Gasteiger partial charge in [-0.05, 0) is 61.9 Å². The number of benzene rings is 1. The second-order valence-electron chi connectivity index (χ2n) is 5.51. The second kappa shape index (κ2) is 6.43. The van der Waals surface area contributed by atoms with Gasteiger partial charge in [-0.2, -0.15) is 0 Å². The molecular weight excluding hydrogens is 412 g/mol. The molecule has 0 N–H and O–H groups in total. The molecule has 1 nitrogen and oxygen atoms in total. The Morgan fingerprint density at radius 3 is 2.67 bits per heavy atom. The minimum Gasteiger partial charge on any atom is -0.496 e. The first-order valence-electron chi connectivity index (χ1n) is 7.19. The number of rotatable bonds is 3. The standard InChI is InChI=1S/C17H18Br2OS/c1-10-7-14(20-2)12(9-13(10)18)17(19)16-8-11-5-3-4-6-15(11)21-16/h7-9,17H,3-6H2,1-2H3. The number of ether oxygens (including phenoxy) is 1. The Kier molecular flexibility index (Phi) is 4.77. The van der Waals surface area contributed by atoms with Gasteiger partial charge in [0, 0.05) is 19.8 Å². The number of hydrogen-bond acceptors (Lipinski definition) is 2. The number of hydrogen-bond donors (Lipinski definition) is 0. The first-order chi connectivity index (χ1) is 10.1. The molecule has 0 amide bonds. The molecule has 0 saturated heterocycles. The number of thiophene rings is 1. The third-order valence-electron chi connectivity index (χ3n) is 4.05. The third-order valence-corrected chi connectivity index (χ3v) is 7.50. The lowest BCUT2D eigenvalue weighted by molar-refractivity contribution is 0.410. The number of aryl methyl sites for hydroxylation is 3. The third kappa shape index (κ3) is 3.08. The Morgan fingerprint density at radius 1 is 1.19 bits per heavy atom. The van der Waals surface area contributed by atoms with Gasteiger partial charge in [-0.1, -0.05) is 31.9 Å². The van der Waals surface area contributed by atoms with Crippen LogP contribution in [-0.4, -0.2) is 7.11 Å². The van der Waals surface area contributed by atoms with Gasteiger partial charge in [-0.3, -0.25) is 0 Å². The van der Waals surface area contributed by atoms with E-state index in [1.165, 1.54) is 41.7 Å². The predicted octanol–water partition coefficient (Wildman–Crippen LogP) is 6.19. The highest BCUT2D eigenvalue weighted by Crippen LogP contribution is 2.43. The monoisotopic (exact) mass is 428 g/mol. The second-order valence-corrected chi connectivity index (χ2v) is 8.45. The zero-order valence-electron chi connectivity index (χ0n) is 12.2. The van der Waals surface area contributed by atoms with Gasteiger partial charge in [0.15, 0.2) is 0 Å². The van der Waals surface area contributed by atoms with Gasteiger partial charge in [0.25, 0.3) is 0 Å². The average Bonchev–Trinajstić information content (AvgIpc) is 2.92. The van der Waals surface area contributed by atoms with Crippen LogP contribution in [0.1, 0.15) is 44.1 Å². The van der Waals surface area contributed by atoms with E-state index in [0.717, 1.165) is 10.2 Å². The summed E-state index contributed by atoms with van der Waals surface area (Å²) >= 11 is 9.46. The summed E-state index contributed by atoms with van der Waals surface area (Å²) in [5, 5.41) is 0. The maximum atomic E-state index is 5.58. The first kappa shape index (κ1) is 15.6. The zero-order valence-corrected chi connectivity index (χ0v) is 16.2. The molecule has 1 aliphatic carbocycles. The summed E-state index contributed by atoms with van der Waals surface area (Å²) in [6, 6.07) is 6.65. The molecule has 3 rings (SSSR count). The molecule has 1 aliphatic rings. The number of halogens is 2. The van der Waals surface area contributed by atoms with E-state index in [0.29, 0.717) is 0 Å². The van der Waals surface area contributed by atoms with Crippen LogP contribution in [-0.2, 0) is 12.8 Å². The molecule has 1 aromatic carbocycles. The van der Waals surface area contributed by atoms with Gasteiger partial charge < -0.3 is 4.74 Å². The number of methoxy groups -OCH3 is 1. The van der Waals surface area contributed by atoms with E-state index >= 15 is 0 Å². The zero-order chi connectivity index (χ0) is 15.0. The first-order valence-corrected chi connectivity index (χ1v) is 9.72. The maximum absolute atomic E-state index is 5.58. The minimum absolute atomic E-state index is 0.194. The predicted molar refractivity (Wildman–Crippen MR) is 97.2 cm³/mol. The highest BCUT2D eigenvalue weighted by atomic mass is 79.9. The molecule has 1 atom stereocenters. The van der Waals surface area contributed by atoms with Gasteiger partial charge in [-0.25, -0.2) is 0 Å². The molecule has 0 spiro atoms. The summed E-state index contributed by atoms with van der Waals surface area (Å²) in [5.74, 6) is 0.948. The largest absolute Gasteiger partial charge is 0.496 e. The van der Waals surface area contributed by atoms with Gasteiger partial charge in [0.05, 0.1) is 11.9 Å². The molecule has 1 aromatic heterocycles. The summed E-state index contributed by atoms with van der Waals surface area (Å²) in [7, 11) is 1.74. The van der Waals surface area contributed by atoms with Crippen molar-refractivity contribution in [2.75, 3.05) is 7.11 Å². The van der Waals surface area contributed by atoms with Crippen molar-refractivity contribution in [1.29, 1.82) is 0 Å². The molecule has 0 bridgehead atoms. The molecule has 0 fully saturated rings. The van der Waals surface area contributed by atoms with Crippen molar-refractivity contribution in [3.8, 4) is 5.75 Å². The summed E-state index contributed by atoms with van der Waals surface area (Å²) in [6.07, 6.45) is 5.14. The van der Waals surface area contributed by atoms with Gasteiger partial charge in [-0.15, -0.1) is 11.3 Å². The van der Waals surface area contributed by atoms with Crippen molar-refractivity contribution < 1.29 is 4.74 Å². The van der Waals surface area contributed by atoms with Crippen LogP contribution < -0.4 is 4.74 Å². The van der Waals surface area contributed by atoms with Crippen LogP contribution in [0.15, 0.2) is 22.7 Å². The van der Waals surface area contributed by atoms with Crippen molar-refractivity contribution >= 4 is 43.2 Å². The lowest BCUT2D eigenvalue weighted by atomic mass is 9.98. The van der Waals surface area contributed by atoms with E-state index in [9.17, 15) is 0 Å². The summed E-state index contributed by atoms with van der Waals surface area (Å²) < 4.78 is 6.71. The molecule has 21 heavy (non-hydrogen) atoms. The Morgan fingerprint density at radius 2 is 1.95 bits per heavy atom. The molecule has 1 unspecified atom stereocenters. The van der Waals surface area contributed by atoms with Crippen molar-refractivity contribution in [2.45, 2.75) is 37.4 Å². The van der Waals surface area contributed by atoms with E-state index in [4.69, 9.17) is 4.74 Å². The minimum atomic E-state index is 0.194. The van der Waals surface area contributed by atoms with Crippen LogP contribution in [0.2, 0.25) is 0 Å². The van der Waals surface area contributed by atoms with Crippen LogP contribution in [0, 0.1) is 6.92 Å².